The summed E-state index contributed by atoms with van der Waals surface area (Å²) in [6.45, 7) is 0. The molecule has 3 nitrogen and oxygen atoms in total. The van der Waals surface area contributed by atoms with Gasteiger partial charge in [0.25, 0.3) is 5.91 Å². The molecule has 0 aromatic heterocycles. The van der Waals surface area contributed by atoms with Gasteiger partial charge in [0.05, 0.1) is 0 Å². The van der Waals surface area contributed by atoms with Crippen LogP contribution < -0.4 is 0 Å². The van der Waals surface area contributed by atoms with E-state index in [1.54, 1.807) is 24.3 Å². The number of carbonyl (C=O) groups excluding carboxylic acids is 1. The molecule has 0 aliphatic heterocycles. The molecular weight excluding hydrogens is 303 g/mol. The van der Waals surface area contributed by atoms with Crippen molar-refractivity contribution < 1.29 is 23.2 Å². The molecule has 0 aliphatic rings. The highest BCUT2D eigenvalue weighted by Gasteiger charge is 2.25. The average molecular weight is 319 g/mol. The zero-order valence-electron chi connectivity index (χ0n) is 11.4. The van der Waals surface area contributed by atoms with E-state index in [9.17, 15) is 18.0 Å². The number of hydrogen-bond donors (Lipinski definition) is 1. The molecule has 0 heterocycles. The van der Waals surface area contributed by atoms with Gasteiger partial charge in [0, 0.05) is 24.4 Å². The van der Waals surface area contributed by atoms with E-state index in [-0.39, 0.29) is 6.42 Å². The number of nitrogens with zero attached hydrogens (tertiary/aromatic N) is 1. The maximum atomic E-state index is 12.1. The minimum atomic E-state index is -4.13. The molecule has 0 aliphatic carbocycles. The Hall–Kier alpha value is -1.47. The molecule has 0 bridgehead atoms. The summed E-state index contributed by atoms with van der Waals surface area (Å²) in [6, 6.07) is 7.09. The number of hydroxylamine groups is 2. The molecule has 1 amide bonds. The fraction of sp³-hybridized carbons (Fsp3) is 0.357. The van der Waals surface area contributed by atoms with Crippen molar-refractivity contribution >= 4 is 23.7 Å². The van der Waals surface area contributed by atoms with Crippen LogP contribution in [0.4, 0.5) is 13.2 Å². The zero-order chi connectivity index (χ0) is 15.9. The van der Waals surface area contributed by atoms with Crippen molar-refractivity contribution in [2.24, 2.45) is 0 Å². The second kappa shape index (κ2) is 8.09. The van der Waals surface area contributed by atoms with Crippen molar-refractivity contribution in [2.45, 2.75) is 23.9 Å². The third-order valence-corrected chi connectivity index (χ3v) is 3.68. The van der Waals surface area contributed by atoms with Gasteiger partial charge in [0.1, 0.15) is 0 Å². The Morgan fingerprint density at radius 1 is 1.38 bits per heavy atom. The van der Waals surface area contributed by atoms with Crippen LogP contribution >= 0.6 is 11.8 Å². The third-order valence-electron chi connectivity index (χ3n) is 2.51. The summed E-state index contributed by atoms with van der Waals surface area (Å²) in [7, 11) is 1.21. The van der Waals surface area contributed by atoms with Gasteiger partial charge >= 0.3 is 6.18 Å². The lowest BCUT2D eigenvalue weighted by Gasteiger charge is -2.08. The van der Waals surface area contributed by atoms with Crippen LogP contribution in [-0.4, -0.2) is 35.2 Å². The van der Waals surface area contributed by atoms with E-state index >= 15 is 0 Å². The molecule has 1 rings (SSSR count). The van der Waals surface area contributed by atoms with Crippen LogP contribution in [0.25, 0.3) is 6.08 Å². The van der Waals surface area contributed by atoms with Gasteiger partial charge < -0.3 is 0 Å². The van der Waals surface area contributed by atoms with Crippen LogP contribution in [0.5, 0.6) is 0 Å². The summed E-state index contributed by atoms with van der Waals surface area (Å²) in [5.41, 5.74) is 0.727. The number of likely N-dealkylation sites (N-methyl/N-ethyl adjacent to an activating group) is 1. The SMILES string of the molecule is CN(O)C(=O)/C=C/c1ccccc1SCCCC(F)(F)F. The van der Waals surface area contributed by atoms with Crippen LogP contribution in [0.2, 0.25) is 0 Å². The fourth-order valence-electron chi connectivity index (χ4n) is 1.47. The van der Waals surface area contributed by atoms with Crippen molar-refractivity contribution in [3.8, 4) is 0 Å². The lowest BCUT2D eigenvalue weighted by molar-refractivity contribution is -0.153. The summed E-state index contributed by atoms with van der Waals surface area (Å²) >= 11 is 1.31. The molecule has 0 spiro atoms. The molecule has 7 heteroatoms. The molecule has 116 valence electrons. The number of rotatable bonds is 6. The molecule has 21 heavy (non-hydrogen) atoms. The highest BCUT2D eigenvalue weighted by molar-refractivity contribution is 7.99. The molecule has 0 radical (unpaired) electrons. The predicted molar refractivity (Wildman–Crippen MR) is 76.0 cm³/mol. The van der Waals surface area contributed by atoms with Crippen molar-refractivity contribution in [3.63, 3.8) is 0 Å². The van der Waals surface area contributed by atoms with Crippen LogP contribution in [0.3, 0.4) is 0 Å². The Morgan fingerprint density at radius 3 is 2.67 bits per heavy atom. The first-order chi connectivity index (χ1) is 9.79. The number of hydrogen-bond acceptors (Lipinski definition) is 3. The van der Waals surface area contributed by atoms with Gasteiger partial charge in [-0.25, -0.2) is 5.06 Å². The number of thioether (sulfide) groups is 1. The summed E-state index contributed by atoms with van der Waals surface area (Å²) in [4.78, 5) is 12.1. The van der Waals surface area contributed by atoms with E-state index in [0.29, 0.717) is 10.8 Å². The normalized spacial score (nSPS) is 11.9. The fourth-order valence-corrected chi connectivity index (χ4v) is 2.46. The lowest BCUT2D eigenvalue weighted by Crippen LogP contribution is -2.19. The third kappa shape index (κ3) is 7.19. The minimum absolute atomic E-state index is 0.0462. The number of amides is 1. The maximum Gasteiger partial charge on any atom is 0.389 e. The molecule has 1 aromatic carbocycles. The lowest BCUT2D eigenvalue weighted by atomic mass is 10.2. The Labute approximate surface area is 125 Å². The van der Waals surface area contributed by atoms with Gasteiger partial charge in [-0.2, -0.15) is 13.2 Å². The van der Waals surface area contributed by atoms with Gasteiger partial charge in [0.2, 0.25) is 0 Å². The molecule has 0 saturated heterocycles. The first-order valence-electron chi connectivity index (χ1n) is 6.23. The minimum Gasteiger partial charge on any atom is -0.286 e. The first-order valence-corrected chi connectivity index (χ1v) is 7.21. The van der Waals surface area contributed by atoms with Crippen molar-refractivity contribution in [3.05, 3.63) is 35.9 Å². The summed E-state index contributed by atoms with van der Waals surface area (Å²) < 4.78 is 36.2. The van der Waals surface area contributed by atoms with Gasteiger partial charge in [-0.15, -0.1) is 11.8 Å². The van der Waals surface area contributed by atoms with Crippen LogP contribution in [0.15, 0.2) is 35.2 Å². The van der Waals surface area contributed by atoms with E-state index in [2.05, 4.69) is 0 Å². The number of carbonyl (C=O) groups is 1. The summed E-state index contributed by atoms with van der Waals surface area (Å²) in [5, 5.41) is 9.39. The van der Waals surface area contributed by atoms with E-state index < -0.39 is 18.5 Å². The number of benzene rings is 1. The smallest absolute Gasteiger partial charge is 0.286 e. The van der Waals surface area contributed by atoms with Crippen LogP contribution in [-0.2, 0) is 4.79 Å². The van der Waals surface area contributed by atoms with E-state index in [1.165, 1.54) is 31.0 Å². The quantitative estimate of drug-likeness (QED) is 0.283. The summed E-state index contributed by atoms with van der Waals surface area (Å²) in [6.07, 6.45) is -2.15. The van der Waals surface area contributed by atoms with Gasteiger partial charge in [0.15, 0.2) is 0 Å². The monoisotopic (exact) mass is 319 g/mol. The molecule has 1 aromatic rings. The molecule has 0 unspecified atom stereocenters. The second-order valence-electron chi connectivity index (χ2n) is 4.30. The zero-order valence-corrected chi connectivity index (χ0v) is 12.2. The Morgan fingerprint density at radius 2 is 2.05 bits per heavy atom. The van der Waals surface area contributed by atoms with Gasteiger partial charge in [-0.05, 0) is 29.9 Å². The first kappa shape index (κ1) is 17.6. The standard InChI is InChI=1S/C14H16F3NO2S/c1-18(20)13(19)8-7-11-5-2-3-6-12(11)21-10-4-9-14(15,16)17/h2-3,5-8,20H,4,9-10H2,1H3/b8-7+. The maximum absolute atomic E-state index is 12.1. The highest BCUT2D eigenvalue weighted by Crippen LogP contribution is 2.27. The topological polar surface area (TPSA) is 40.5 Å². The average Bonchev–Trinajstić information content (AvgIpc) is 2.40. The van der Waals surface area contributed by atoms with Crippen molar-refractivity contribution in [1.82, 2.24) is 5.06 Å². The molecule has 0 saturated carbocycles. The molecule has 0 fully saturated rings. The van der Waals surface area contributed by atoms with Crippen molar-refractivity contribution in [2.75, 3.05) is 12.8 Å². The number of halogens is 3. The van der Waals surface area contributed by atoms with E-state index in [0.717, 1.165) is 10.5 Å². The van der Waals surface area contributed by atoms with Crippen molar-refractivity contribution in [1.29, 1.82) is 0 Å². The second-order valence-corrected chi connectivity index (χ2v) is 5.44. The van der Waals surface area contributed by atoms with Gasteiger partial charge in [-0.3, -0.25) is 10.0 Å². The molecule has 0 atom stereocenters. The van der Waals surface area contributed by atoms with E-state index in [1.807, 2.05) is 0 Å². The molecule has 1 N–H and O–H groups in total. The summed E-state index contributed by atoms with van der Waals surface area (Å²) in [5.74, 6) is -0.232. The Kier molecular flexibility index (Phi) is 6.77. The molecular formula is C14H16F3NO2S. The largest absolute Gasteiger partial charge is 0.389 e. The van der Waals surface area contributed by atoms with E-state index in [4.69, 9.17) is 5.21 Å². The van der Waals surface area contributed by atoms with Crippen LogP contribution in [0.1, 0.15) is 18.4 Å². The highest BCUT2D eigenvalue weighted by atomic mass is 32.2. The Bertz CT molecular complexity index is 501. The van der Waals surface area contributed by atoms with Crippen LogP contribution in [0, 0.1) is 0 Å². The number of alkyl halides is 3. The van der Waals surface area contributed by atoms with Gasteiger partial charge in [-0.1, -0.05) is 18.2 Å². The Balaban J connectivity index is 2.61. The predicted octanol–water partition coefficient (Wildman–Crippen LogP) is 3.98.